The predicted molar refractivity (Wildman–Crippen MR) is 129 cm³/mol. The third-order valence-corrected chi connectivity index (χ3v) is 10.0. The van der Waals surface area contributed by atoms with E-state index in [0.29, 0.717) is 6.42 Å². The third-order valence-electron chi connectivity index (χ3n) is 10.0. The van der Waals surface area contributed by atoms with Gasteiger partial charge < -0.3 is 14.6 Å². The van der Waals surface area contributed by atoms with Crippen LogP contribution in [0.1, 0.15) is 85.5 Å². The Bertz CT molecular complexity index is 1030. The Labute approximate surface area is 216 Å². The van der Waals surface area contributed by atoms with Crippen LogP contribution in [0.5, 0.6) is 0 Å². The van der Waals surface area contributed by atoms with Crippen molar-refractivity contribution in [1.29, 1.82) is 0 Å². The second-order valence-electron chi connectivity index (χ2n) is 11.9. The van der Waals surface area contributed by atoms with Crippen molar-refractivity contribution in [2.24, 2.45) is 22.7 Å². The standard InChI is InChI=1S/C28H38F2O7/c1-5-6-7-24(35)37-27(23(34)15-36-16(2)31)11-9-18-19-13-21(29)20-12-17(32)8-10-25(20,3)28(19,30)22(33)14-26(18,27)4/h12,18-19,21-22,33H,5-11,13-15H2,1-4H3/t18-,19-,21-,22-,25-,26-,27-,28-/m0/s1. The Hall–Kier alpha value is -2.16. The van der Waals surface area contributed by atoms with Crippen molar-refractivity contribution in [3.8, 4) is 0 Å². The average Bonchev–Trinajstić information content (AvgIpc) is 3.11. The van der Waals surface area contributed by atoms with E-state index in [1.165, 1.54) is 13.0 Å². The van der Waals surface area contributed by atoms with Crippen LogP contribution in [0.25, 0.3) is 0 Å². The van der Waals surface area contributed by atoms with Crippen LogP contribution in [-0.2, 0) is 28.7 Å². The van der Waals surface area contributed by atoms with Crippen LogP contribution in [0.3, 0.4) is 0 Å². The van der Waals surface area contributed by atoms with Gasteiger partial charge in [-0.25, -0.2) is 8.78 Å². The Morgan fingerprint density at radius 2 is 1.89 bits per heavy atom. The zero-order valence-corrected chi connectivity index (χ0v) is 22.1. The number of aliphatic hydroxyl groups is 1. The van der Waals surface area contributed by atoms with Crippen LogP contribution < -0.4 is 0 Å². The molecule has 0 spiro atoms. The van der Waals surface area contributed by atoms with Gasteiger partial charge in [0.1, 0.15) is 11.8 Å². The number of ketones is 2. The quantitative estimate of drug-likeness (QED) is 0.499. The van der Waals surface area contributed by atoms with Gasteiger partial charge in [-0.15, -0.1) is 0 Å². The summed E-state index contributed by atoms with van der Waals surface area (Å²) in [4.78, 5) is 50.0. The Balaban J connectivity index is 1.77. The van der Waals surface area contributed by atoms with Crippen molar-refractivity contribution in [2.45, 2.75) is 109 Å². The Kier molecular flexibility index (Phi) is 7.19. The average molecular weight is 525 g/mol. The minimum Gasteiger partial charge on any atom is -0.458 e. The molecular formula is C28H38F2O7. The summed E-state index contributed by atoms with van der Waals surface area (Å²) in [7, 11) is 0. The van der Waals surface area contributed by atoms with E-state index in [-0.39, 0.29) is 56.3 Å². The number of fused-ring (bicyclic) bond motifs is 5. The highest BCUT2D eigenvalue weighted by molar-refractivity contribution is 5.93. The molecule has 4 aliphatic carbocycles. The van der Waals surface area contributed by atoms with E-state index in [1.54, 1.807) is 13.8 Å². The summed E-state index contributed by atoms with van der Waals surface area (Å²) in [6.45, 7) is 5.77. The number of hydrogen-bond donors (Lipinski definition) is 1. The number of carbonyl (C=O) groups excluding carboxylic acids is 4. The van der Waals surface area contributed by atoms with Crippen LogP contribution in [0.2, 0.25) is 0 Å². The molecule has 3 saturated carbocycles. The van der Waals surface area contributed by atoms with E-state index in [2.05, 4.69) is 0 Å². The topological polar surface area (TPSA) is 107 Å². The lowest BCUT2D eigenvalue weighted by atomic mass is 9.43. The summed E-state index contributed by atoms with van der Waals surface area (Å²) in [5.41, 5.74) is -6.41. The zero-order chi connectivity index (χ0) is 27.4. The maximum Gasteiger partial charge on any atom is 0.306 e. The molecular weight excluding hydrogens is 486 g/mol. The number of halogens is 2. The summed E-state index contributed by atoms with van der Waals surface area (Å²) in [6, 6.07) is 0. The molecule has 0 aromatic heterocycles. The van der Waals surface area contributed by atoms with Crippen LogP contribution in [0.4, 0.5) is 8.78 Å². The van der Waals surface area contributed by atoms with Gasteiger partial charge in [-0.1, -0.05) is 27.2 Å². The molecule has 0 aromatic rings. The van der Waals surface area contributed by atoms with Gasteiger partial charge in [0.15, 0.2) is 18.0 Å². The lowest BCUT2D eigenvalue weighted by Gasteiger charge is -2.64. The first-order valence-electron chi connectivity index (χ1n) is 13.4. The second-order valence-corrected chi connectivity index (χ2v) is 11.9. The molecule has 1 N–H and O–H groups in total. The monoisotopic (exact) mass is 524 g/mol. The van der Waals surface area contributed by atoms with Crippen molar-refractivity contribution in [1.82, 2.24) is 0 Å². The van der Waals surface area contributed by atoms with Crippen LogP contribution >= 0.6 is 0 Å². The van der Waals surface area contributed by atoms with Gasteiger partial charge in [0, 0.05) is 36.5 Å². The first-order valence-corrected chi connectivity index (χ1v) is 13.4. The Morgan fingerprint density at radius 1 is 1.19 bits per heavy atom. The molecule has 3 fully saturated rings. The summed E-state index contributed by atoms with van der Waals surface area (Å²) < 4.78 is 43.9. The fourth-order valence-corrected chi connectivity index (χ4v) is 8.08. The Morgan fingerprint density at radius 3 is 2.54 bits per heavy atom. The van der Waals surface area contributed by atoms with Crippen molar-refractivity contribution in [2.75, 3.05) is 6.61 Å². The maximum absolute atomic E-state index is 17.3. The summed E-state index contributed by atoms with van der Waals surface area (Å²) in [6.07, 6.45) is -0.453. The van der Waals surface area contributed by atoms with E-state index in [0.717, 1.165) is 6.42 Å². The number of ether oxygens (including phenoxy) is 2. The van der Waals surface area contributed by atoms with Gasteiger partial charge in [-0.05, 0) is 56.1 Å². The van der Waals surface area contributed by atoms with Gasteiger partial charge in [-0.3, -0.25) is 19.2 Å². The minimum absolute atomic E-state index is 0.0691. The van der Waals surface area contributed by atoms with E-state index < -0.39 is 70.5 Å². The van der Waals surface area contributed by atoms with Gasteiger partial charge in [0.2, 0.25) is 5.78 Å². The van der Waals surface area contributed by atoms with Gasteiger partial charge in [0.05, 0.1) is 6.10 Å². The van der Waals surface area contributed by atoms with Crippen molar-refractivity contribution >= 4 is 23.5 Å². The van der Waals surface area contributed by atoms with E-state index in [4.69, 9.17) is 9.47 Å². The van der Waals surface area contributed by atoms with Crippen molar-refractivity contribution < 1.29 is 42.5 Å². The predicted octanol–water partition coefficient (Wildman–Crippen LogP) is 4.13. The number of alkyl halides is 2. The number of Topliss-reactive ketones (excluding diaryl/α,β-unsaturated/α-hetero) is 1. The molecule has 37 heavy (non-hydrogen) atoms. The maximum atomic E-state index is 17.3. The van der Waals surface area contributed by atoms with Crippen LogP contribution in [0, 0.1) is 22.7 Å². The SMILES string of the molecule is CCCCC(=O)O[C@]1(C(=O)COC(C)=O)CC[C@H]2[C@@H]3C[C@H](F)C4=CC(=O)CC[C@]4(C)[C@@]3(F)[C@@H](O)C[C@@]21C. The fraction of sp³-hybridized carbons (Fsp3) is 0.786. The molecule has 9 heteroatoms. The minimum atomic E-state index is -2.21. The summed E-state index contributed by atoms with van der Waals surface area (Å²) in [5.74, 6) is -3.64. The number of carbonyl (C=O) groups is 4. The lowest BCUT2D eigenvalue weighted by Crippen LogP contribution is -2.71. The molecule has 7 nitrogen and oxygen atoms in total. The molecule has 0 saturated heterocycles. The number of hydrogen-bond acceptors (Lipinski definition) is 7. The third kappa shape index (κ3) is 3.98. The normalized spacial score (nSPS) is 42.7. The molecule has 8 atom stereocenters. The first kappa shape index (κ1) is 27.9. The first-order chi connectivity index (χ1) is 17.3. The van der Waals surface area contributed by atoms with Gasteiger partial charge >= 0.3 is 11.9 Å². The number of aliphatic hydroxyl groups excluding tert-OH is 1. The molecule has 0 aliphatic heterocycles. The molecule has 206 valence electrons. The number of rotatable bonds is 7. The molecule has 4 aliphatic rings. The van der Waals surface area contributed by atoms with Crippen molar-refractivity contribution in [3.63, 3.8) is 0 Å². The number of esters is 2. The van der Waals surface area contributed by atoms with Crippen LogP contribution in [-0.4, -0.2) is 58.8 Å². The second kappa shape index (κ2) is 9.54. The highest BCUT2D eigenvalue weighted by Gasteiger charge is 2.76. The smallest absolute Gasteiger partial charge is 0.306 e. The van der Waals surface area contributed by atoms with Gasteiger partial charge in [0.25, 0.3) is 0 Å². The zero-order valence-electron chi connectivity index (χ0n) is 22.1. The summed E-state index contributed by atoms with van der Waals surface area (Å²) in [5, 5.41) is 11.5. The molecule has 4 rings (SSSR count). The number of allylic oxidation sites excluding steroid dienone is 1. The van der Waals surface area contributed by atoms with Gasteiger partial charge in [-0.2, -0.15) is 0 Å². The summed E-state index contributed by atoms with van der Waals surface area (Å²) >= 11 is 0. The lowest BCUT2D eigenvalue weighted by molar-refractivity contribution is -0.237. The highest BCUT2D eigenvalue weighted by Crippen LogP contribution is 2.71. The van der Waals surface area contributed by atoms with Crippen LogP contribution in [0.15, 0.2) is 11.6 Å². The number of unbranched alkanes of at least 4 members (excludes halogenated alkanes) is 1. The highest BCUT2D eigenvalue weighted by atomic mass is 19.1. The van der Waals surface area contributed by atoms with E-state index in [1.807, 2.05) is 6.92 Å². The molecule has 0 aromatic carbocycles. The van der Waals surface area contributed by atoms with Crippen molar-refractivity contribution in [3.05, 3.63) is 11.6 Å². The molecule has 0 heterocycles. The van der Waals surface area contributed by atoms with E-state index >= 15 is 8.78 Å². The largest absolute Gasteiger partial charge is 0.458 e. The molecule has 0 radical (unpaired) electrons. The molecule has 0 bridgehead atoms. The molecule has 0 amide bonds. The fourth-order valence-electron chi connectivity index (χ4n) is 8.08. The molecule has 0 unspecified atom stereocenters. The van der Waals surface area contributed by atoms with E-state index in [9.17, 15) is 24.3 Å².